The van der Waals surface area contributed by atoms with Crippen molar-refractivity contribution < 1.29 is 27.4 Å². The summed E-state index contributed by atoms with van der Waals surface area (Å²) in [4.78, 5) is 10.5. The minimum absolute atomic E-state index is 0.0105. The van der Waals surface area contributed by atoms with Gasteiger partial charge in [0, 0.05) is 11.4 Å². The number of rotatable bonds is 5. The Bertz CT molecular complexity index is 785. The largest absolute Gasteiger partial charge is 0.494 e. The molecule has 0 aliphatic carbocycles. The van der Waals surface area contributed by atoms with Gasteiger partial charge in [0.15, 0.2) is 11.6 Å². The number of benzene rings is 1. The Labute approximate surface area is 123 Å². The molecule has 112 valence electrons. The van der Waals surface area contributed by atoms with Crippen LogP contribution in [0.25, 0.3) is 0 Å². The number of hydrogen-bond acceptors (Lipinski definition) is 5. The number of thiophene rings is 1. The summed E-state index contributed by atoms with van der Waals surface area (Å²) in [6.07, 6.45) is 0. The average molecular weight is 331 g/mol. The van der Waals surface area contributed by atoms with Crippen molar-refractivity contribution in [2.24, 2.45) is 0 Å². The zero-order chi connectivity index (χ0) is 15.6. The summed E-state index contributed by atoms with van der Waals surface area (Å²) in [5, 5.41) is 9.98. The van der Waals surface area contributed by atoms with Gasteiger partial charge in [-0.1, -0.05) is 0 Å². The van der Waals surface area contributed by atoms with Gasteiger partial charge >= 0.3 is 5.97 Å². The van der Waals surface area contributed by atoms with Gasteiger partial charge in [0.1, 0.15) is 4.88 Å². The number of carbonyl (C=O) groups is 1. The summed E-state index contributed by atoms with van der Waals surface area (Å²) < 4.78 is 44.5. The third-order valence-electron chi connectivity index (χ3n) is 2.50. The number of ether oxygens (including phenoxy) is 1. The minimum atomic E-state index is -3.97. The van der Waals surface area contributed by atoms with Crippen molar-refractivity contribution >= 4 is 33.0 Å². The van der Waals surface area contributed by atoms with E-state index < -0.39 is 21.8 Å². The maximum atomic E-state index is 13.5. The molecule has 1 aromatic heterocycles. The van der Waals surface area contributed by atoms with E-state index in [4.69, 9.17) is 9.84 Å². The van der Waals surface area contributed by atoms with Crippen molar-refractivity contribution in [2.45, 2.75) is 4.90 Å². The van der Waals surface area contributed by atoms with E-state index in [-0.39, 0.29) is 21.2 Å². The Morgan fingerprint density at radius 3 is 2.62 bits per heavy atom. The van der Waals surface area contributed by atoms with Crippen LogP contribution in [0, 0.1) is 5.82 Å². The zero-order valence-electron chi connectivity index (χ0n) is 10.7. The van der Waals surface area contributed by atoms with E-state index in [0.717, 1.165) is 23.5 Å². The fraction of sp³-hybridized carbons (Fsp3) is 0.0833. The van der Waals surface area contributed by atoms with Crippen molar-refractivity contribution in [2.75, 3.05) is 11.8 Å². The second kappa shape index (κ2) is 5.70. The third-order valence-corrected chi connectivity index (χ3v) is 4.93. The molecule has 2 aromatic rings. The maximum absolute atomic E-state index is 13.5. The average Bonchev–Trinajstić information content (AvgIpc) is 2.89. The molecular formula is C12H10FNO5S2. The first kappa shape index (κ1) is 15.3. The quantitative estimate of drug-likeness (QED) is 0.877. The van der Waals surface area contributed by atoms with Gasteiger partial charge in [-0.3, -0.25) is 4.72 Å². The Hall–Kier alpha value is -2.13. The molecule has 0 saturated carbocycles. The predicted octanol–water partition coefficient (Wildman–Crippen LogP) is 2.39. The molecule has 6 nitrogen and oxygen atoms in total. The molecule has 21 heavy (non-hydrogen) atoms. The smallest absolute Gasteiger partial charge is 0.345 e. The van der Waals surface area contributed by atoms with Gasteiger partial charge in [-0.15, -0.1) is 11.3 Å². The van der Waals surface area contributed by atoms with Crippen LogP contribution < -0.4 is 9.46 Å². The van der Waals surface area contributed by atoms with Crippen LogP contribution >= 0.6 is 11.3 Å². The van der Waals surface area contributed by atoms with Gasteiger partial charge in [0.05, 0.1) is 17.7 Å². The maximum Gasteiger partial charge on any atom is 0.345 e. The summed E-state index contributed by atoms with van der Waals surface area (Å²) in [5.41, 5.74) is 0.0105. The molecule has 0 unspecified atom stereocenters. The summed E-state index contributed by atoms with van der Waals surface area (Å²) >= 11 is 0.792. The molecule has 0 saturated heterocycles. The van der Waals surface area contributed by atoms with Crippen molar-refractivity contribution in [1.82, 2.24) is 0 Å². The molecule has 0 spiro atoms. The van der Waals surface area contributed by atoms with Gasteiger partial charge in [0.25, 0.3) is 10.0 Å². The lowest BCUT2D eigenvalue weighted by Crippen LogP contribution is -2.12. The van der Waals surface area contributed by atoms with Crippen LogP contribution in [0.1, 0.15) is 9.67 Å². The minimum Gasteiger partial charge on any atom is -0.494 e. The monoisotopic (exact) mass is 331 g/mol. The van der Waals surface area contributed by atoms with Gasteiger partial charge < -0.3 is 9.84 Å². The standard InChI is InChI=1S/C12H10FNO5S2/c1-19-10-3-2-7(4-9(10)13)14-21(17,18)8-5-11(12(15)16)20-6-8/h2-6,14H,1H3,(H,15,16). The lowest BCUT2D eigenvalue weighted by Gasteiger charge is -2.08. The van der Waals surface area contributed by atoms with Gasteiger partial charge in [0.2, 0.25) is 0 Å². The number of carboxylic acid groups (broad SMARTS) is 1. The van der Waals surface area contributed by atoms with E-state index in [0.29, 0.717) is 0 Å². The highest BCUT2D eigenvalue weighted by molar-refractivity contribution is 7.92. The summed E-state index contributed by atoms with van der Waals surface area (Å²) in [7, 11) is -2.68. The molecule has 0 amide bonds. The summed E-state index contributed by atoms with van der Waals surface area (Å²) in [6.45, 7) is 0. The van der Waals surface area contributed by atoms with E-state index in [1.165, 1.54) is 24.6 Å². The van der Waals surface area contributed by atoms with Gasteiger partial charge in [-0.25, -0.2) is 17.6 Å². The number of hydrogen-bond donors (Lipinski definition) is 2. The van der Waals surface area contributed by atoms with Crippen molar-refractivity contribution in [1.29, 1.82) is 0 Å². The van der Waals surface area contributed by atoms with Crippen molar-refractivity contribution in [3.05, 3.63) is 40.3 Å². The molecule has 0 fully saturated rings. The molecule has 0 atom stereocenters. The number of sulfonamides is 1. The van der Waals surface area contributed by atoms with Crippen molar-refractivity contribution in [3.8, 4) is 5.75 Å². The van der Waals surface area contributed by atoms with E-state index in [2.05, 4.69) is 4.72 Å². The second-order valence-corrected chi connectivity index (χ2v) is 6.50. The lowest BCUT2D eigenvalue weighted by molar-refractivity contribution is 0.0702. The highest BCUT2D eigenvalue weighted by atomic mass is 32.2. The van der Waals surface area contributed by atoms with E-state index in [9.17, 15) is 17.6 Å². The van der Waals surface area contributed by atoms with Crippen LogP contribution in [0.15, 0.2) is 34.5 Å². The number of aromatic carboxylic acids is 1. The molecule has 1 heterocycles. The van der Waals surface area contributed by atoms with E-state index >= 15 is 0 Å². The Kier molecular flexibility index (Phi) is 4.14. The van der Waals surface area contributed by atoms with Crippen LogP contribution in [0.2, 0.25) is 0 Å². The first-order valence-electron chi connectivity index (χ1n) is 5.51. The first-order chi connectivity index (χ1) is 9.83. The van der Waals surface area contributed by atoms with Crippen LogP contribution in [-0.4, -0.2) is 26.6 Å². The second-order valence-electron chi connectivity index (χ2n) is 3.91. The fourth-order valence-electron chi connectivity index (χ4n) is 1.52. The number of methoxy groups -OCH3 is 1. The SMILES string of the molecule is COc1ccc(NS(=O)(=O)c2csc(C(=O)O)c2)cc1F. The number of nitrogens with one attached hydrogen (secondary N) is 1. The Balaban J connectivity index is 2.28. The molecule has 0 radical (unpaired) electrons. The van der Waals surface area contributed by atoms with Crippen LogP contribution in [0.3, 0.4) is 0 Å². The molecule has 1 aromatic carbocycles. The molecule has 2 rings (SSSR count). The number of anilines is 1. The van der Waals surface area contributed by atoms with Crippen LogP contribution in [-0.2, 0) is 10.0 Å². The normalized spacial score (nSPS) is 11.1. The lowest BCUT2D eigenvalue weighted by atomic mass is 10.3. The fourth-order valence-corrected chi connectivity index (χ4v) is 3.68. The summed E-state index contributed by atoms with van der Waals surface area (Å²) in [5.74, 6) is -1.94. The van der Waals surface area contributed by atoms with E-state index in [1.54, 1.807) is 0 Å². The predicted molar refractivity (Wildman–Crippen MR) is 75.0 cm³/mol. The summed E-state index contributed by atoms with van der Waals surface area (Å²) in [6, 6.07) is 4.63. The Morgan fingerprint density at radius 2 is 2.10 bits per heavy atom. The highest BCUT2D eigenvalue weighted by Crippen LogP contribution is 2.25. The molecule has 0 bridgehead atoms. The zero-order valence-corrected chi connectivity index (χ0v) is 12.3. The third kappa shape index (κ3) is 3.31. The molecule has 0 aliphatic rings. The first-order valence-corrected chi connectivity index (χ1v) is 7.88. The van der Waals surface area contributed by atoms with Crippen molar-refractivity contribution in [3.63, 3.8) is 0 Å². The van der Waals surface area contributed by atoms with Crippen LogP contribution in [0.5, 0.6) is 5.75 Å². The Morgan fingerprint density at radius 1 is 1.38 bits per heavy atom. The molecule has 9 heteroatoms. The topological polar surface area (TPSA) is 92.7 Å². The van der Waals surface area contributed by atoms with E-state index in [1.807, 2.05) is 0 Å². The number of halogens is 1. The highest BCUT2D eigenvalue weighted by Gasteiger charge is 2.19. The van der Waals surface area contributed by atoms with Crippen LogP contribution in [0.4, 0.5) is 10.1 Å². The molecule has 2 N–H and O–H groups in total. The van der Waals surface area contributed by atoms with Gasteiger partial charge in [-0.2, -0.15) is 0 Å². The van der Waals surface area contributed by atoms with Gasteiger partial charge in [-0.05, 0) is 18.2 Å². The molecular weight excluding hydrogens is 321 g/mol. The molecule has 0 aliphatic heterocycles. The number of carboxylic acids is 1.